The first-order chi connectivity index (χ1) is 9.31. The molecule has 3 nitrogen and oxygen atoms in total. The maximum Gasteiger partial charge on any atom is 0.0465 e. The van der Waals surface area contributed by atoms with Crippen molar-refractivity contribution < 1.29 is 0 Å². The summed E-state index contributed by atoms with van der Waals surface area (Å²) in [6.45, 7) is 1.37. The average Bonchev–Trinajstić information content (AvgIpc) is 2.77. The second-order valence-corrected chi connectivity index (χ2v) is 4.96. The summed E-state index contributed by atoms with van der Waals surface area (Å²) in [6, 6.07) is 13.1. The molecule has 3 rings (SSSR count). The second-order valence-electron chi connectivity index (χ2n) is 4.96. The van der Waals surface area contributed by atoms with Crippen molar-refractivity contribution in [1.29, 1.82) is 0 Å². The molecule has 0 atom stereocenters. The van der Waals surface area contributed by atoms with Gasteiger partial charge in [-0.25, -0.2) is 0 Å². The predicted octanol–water partition coefficient (Wildman–Crippen LogP) is 2.32. The van der Waals surface area contributed by atoms with Gasteiger partial charge in [-0.05, 0) is 61.3 Å². The molecule has 0 bridgehead atoms. The Kier molecular flexibility index (Phi) is 3.23. The quantitative estimate of drug-likeness (QED) is 0.668. The van der Waals surface area contributed by atoms with Crippen molar-refractivity contribution in [2.45, 2.75) is 12.8 Å². The molecular formula is C16H19N3. The van der Waals surface area contributed by atoms with Crippen molar-refractivity contribution in [3.8, 4) is 0 Å². The van der Waals surface area contributed by atoms with Gasteiger partial charge in [-0.1, -0.05) is 12.1 Å². The Morgan fingerprint density at radius 1 is 0.737 bits per heavy atom. The van der Waals surface area contributed by atoms with Crippen LogP contribution >= 0.6 is 0 Å². The number of hydrogen-bond donors (Lipinski definition) is 3. The van der Waals surface area contributed by atoms with E-state index in [-0.39, 0.29) is 0 Å². The number of benzene rings is 2. The van der Waals surface area contributed by atoms with E-state index in [4.69, 9.17) is 11.5 Å². The summed E-state index contributed by atoms with van der Waals surface area (Å²) < 4.78 is 0. The summed E-state index contributed by atoms with van der Waals surface area (Å²) >= 11 is 0. The van der Waals surface area contributed by atoms with Gasteiger partial charge in [0.15, 0.2) is 0 Å². The lowest BCUT2D eigenvalue weighted by Crippen LogP contribution is -2.02. The van der Waals surface area contributed by atoms with E-state index >= 15 is 0 Å². The SMILES string of the molecule is NCCc1ccc2[nH]c3ccc(CCN)cc3c2c1. The summed E-state index contributed by atoms with van der Waals surface area (Å²) in [5, 5.41) is 2.56. The van der Waals surface area contributed by atoms with Gasteiger partial charge in [-0.2, -0.15) is 0 Å². The molecule has 0 saturated heterocycles. The molecule has 0 amide bonds. The van der Waals surface area contributed by atoms with E-state index in [1.54, 1.807) is 0 Å². The molecule has 0 aliphatic heterocycles. The zero-order valence-electron chi connectivity index (χ0n) is 10.9. The van der Waals surface area contributed by atoms with E-state index in [0.717, 1.165) is 12.8 Å². The number of fused-ring (bicyclic) bond motifs is 3. The molecular weight excluding hydrogens is 234 g/mol. The molecule has 0 aliphatic rings. The zero-order valence-corrected chi connectivity index (χ0v) is 10.9. The van der Waals surface area contributed by atoms with Crippen LogP contribution in [0.4, 0.5) is 0 Å². The van der Waals surface area contributed by atoms with Gasteiger partial charge < -0.3 is 16.5 Å². The molecule has 0 spiro atoms. The lowest BCUT2D eigenvalue weighted by Gasteiger charge is -2.00. The molecule has 19 heavy (non-hydrogen) atoms. The Labute approximate surface area is 112 Å². The number of nitrogens with two attached hydrogens (primary N) is 2. The summed E-state index contributed by atoms with van der Waals surface area (Å²) in [6.07, 6.45) is 1.84. The van der Waals surface area contributed by atoms with Crippen molar-refractivity contribution in [1.82, 2.24) is 4.98 Å². The van der Waals surface area contributed by atoms with E-state index in [1.165, 1.54) is 32.9 Å². The zero-order chi connectivity index (χ0) is 13.2. The molecule has 0 radical (unpaired) electrons. The van der Waals surface area contributed by atoms with Crippen LogP contribution in [0.2, 0.25) is 0 Å². The van der Waals surface area contributed by atoms with Gasteiger partial charge in [0.1, 0.15) is 0 Å². The van der Waals surface area contributed by atoms with Gasteiger partial charge in [-0.15, -0.1) is 0 Å². The van der Waals surface area contributed by atoms with E-state index in [0.29, 0.717) is 13.1 Å². The molecule has 98 valence electrons. The number of rotatable bonds is 4. The van der Waals surface area contributed by atoms with Crippen molar-refractivity contribution in [2.24, 2.45) is 11.5 Å². The van der Waals surface area contributed by atoms with E-state index in [2.05, 4.69) is 41.4 Å². The molecule has 5 N–H and O–H groups in total. The average molecular weight is 253 g/mol. The van der Waals surface area contributed by atoms with Gasteiger partial charge in [-0.3, -0.25) is 0 Å². The van der Waals surface area contributed by atoms with Crippen LogP contribution < -0.4 is 11.5 Å². The third-order valence-corrected chi connectivity index (χ3v) is 3.59. The lowest BCUT2D eigenvalue weighted by atomic mass is 10.0. The normalized spacial score (nSPS) is 11.5. The summed E-state index contributed by atoms with van der Waals surface area (Å²) in [7, 11) is 0. The first-order valence-corrected chi connectivity index (χ1v) is 6.75. The van der Waals surface area contributed by atoms with Gasteiger partial charge in [0.2, 0.25) is 0 Å². The monoisotopic (exact) mass is 253 g/mol. The number of aromatic nitrogens is 1. The van der Waals surface area contributed by atoms with Crippen molar-refractivity contribution in [3.63, 3.8) is 0 Å². The fourth-order valence-corrected chi connectivity index (χ4v) is 2.64. The summed E-state index contributed by atoms with van der Waals surface area (Å²) in [5.74, 6) is 0. The third-order valence-electron chi connectivity index (χ3n) is 3.59. The Balaban J connectivity index is 2.19. The molecule has 1 heterocycles. The number of H-pyrrole nitrogens is 1. The number of aromatic amines is 1. The van der Waals surface area contributed by atoms with E-state index in [9.17, 15) is 0 Å². The van der Waals surface area contributed by atoms with Crippen LogP contribution in [0.15, 0.2) is 36.4 Å². The minimum absolute atomic E-state index is 0.687. The van der Waals surface area contributed by atoms with Crippen molar-refractivity contribution in [2.75, 3.05) is 13.1 Å². The standard InChI is InChI=1S/C16H19N3/c17-7-5-11-1-3-15-13(9-11)14-10-12(6-8-18)2-4-16(14)19-15/h1-4,9-10,19H,5-8,17-18H2. The van der Waals surface area contributed by atoms with E-state index in [1.807, 2.05) is 0 Å². The molecule has 3 heteroatoms. The summed E-state index contributed by atoms with van der Waals surface area (Å²) in [4.78, 5) is 3.45. The number of hydrogen-bond acceptors (Lipinski definition) is 2. The minimum Gasteiger partial charge on any atom is -0.355 e. The highest BCUT2D eigenvalue weighted by Crippen LogP contribution is 2.27. The minimum atomic E-state index is 0.687. The van der Waals surface area contributed by atoms with Crippen LogP contribution in [0.3, 0.4) is 0 Å². The Bertz CT molecular complexity index is 652. The van der Waals surface area contributed by atoms with E-state index < -0.39 is 0 Å². The highest BCUT2D eigenvalue weighted by atomic mass is 14.7. The lowest BCUT2D eigenvalue weighted by molar-refractivity contribution is 0.970. The predicted molar refractivity (Wildman–Crippen MR) is 81.3 cm³/mol. The highest BCUT2D eigenvalue weighted by molar-refractivity contribution is 6.07. The fourth-order valence-electron chi connectivity index (χ4n) is 2.64. The van der Waals surface area contributed by atoms with Crippen LogP contribution in [0.25, 0.3) is 21.8 Å². The Morgan fingerprint density at radius 3 is 1.63 bits per heavy atom. The van der Waals surface area contributed by atoms with Crippen LogP contribution in [-0.4, -0.2) is 18.1 Å². The maximum absolute atomic E-state index is 5.63. The van der Waals surface area contributed by atoms with Crippen LogP contribution in [0, 0.1) is 0 Å². The molecule has 0 saturated carbocycles. The second kappa shape index (κ2) is 5.03. The van der Waals surface area contributed by atoms with Crippen LogP contribution in [-0.2, 0) is 12.8 Å². The first kappa shape index (κ1) is 12.2. The molecule has 0 aliphatic carbocycles. The fraction of sp³-hybridized carbons (Fsp3) is 0.250. The molecule has 1 aromatic heterocycles. The van der Waals surface area contributed by atoms with Gasteiger partial charge in [0, 0.05) is 21.8 Å². The molecule has 0 fully saturated rings. The van der Waals surface area contributed by atoms with Gasteiger partial charge >= 0.3 is 0 Å². The van der Waals surface area contributed by atoms with Gasteiger partial charge in [0.25, 0.3) is 0 Å². The van der Waals surface area contributed by atoms with Crippen LogP contribution in [0.5, 0.6) is 0 Å². The van der Waals surface area contributed by atoms with Gasteiger partial charge in [0.05, 0.1) is 0 Å². The molecule has 2 aromatic carbocycles. The smallest absolute Gasteiger partial charge is 0.0465 e. The maximum atomic E-state index is 5.63. The summed E-state index contributed by atoms with van der Waals surface area (Å²) in [5.41, 5.74) is 16.2. The largest absolute Gasteiger partial charge is 0.355 e. The van der Waals surface area contributed by atoms with Crippen molar-refractivity contribution >= 4 is 21.8 Å². The Morgan fingerprint density at radius 2 is 1.21 bits per heavy atom. The van der Waals surface area contributed by atoms with Crippen LogP contribution in [0.1, 0.15) is 11.1 Å². The molecule has 3 aromatic rings. The Hall–Kier alpha value is -1.84. The number of nitrogens with one attached hydrogen (secondary N) is 1. The topological polar surface area (TPSA) is 67.8 Å². The third kappa shape index (κ3) is 2.23. The highest BCUT2D eigenvalue weighted by Gasteiger charge is 2.06. The van der Waals surface area contributed by atoms with Crippen molar-refractivity contribution in [3.05, 3.63) is 47.5 Å². The molecule has 0 unspecified atom stereocenters. The first-order valence-electron chi connectivity index (χ1n) is 6.75.